The summed E-state index contributed by atoms with van der Waals surface area (Å²) in [6.45, 7) is 2.20. The van der Waals surface area contributed by atoms with Crippen molar-refractivity contribution in [1.82, 2.24) is 0 Å². The third kappa shape index (κ3) is 10.0. The first-order valence-electron chi connectivity index (χ1n) is 5.23. The number of allylic oxidation sites excluding steroid dienone is 1. The fraction of sp³-hybridized carbons (Fsp3) is 0.727. The van der Waals surface area contributed by atoms with Crippen molar-refractivity contribution in [2.45, 2.75) is 51.9 Å². The Kier molecular flexibility index (Phi) is 9.45. The van der Waals surface area contributed by atoms with Crippen molar-refractivity contribution in [3.05, 3.63) is 9.66 Å². The zero-order chi connectivity index (χ0) is 10.8. The number of aliphatic carboxylic acids is 1. The summed E-state index contributed by atoms with van der Waals surface area (Å²) < 4.78 is 0.950. The fourth-order valence-corrected chi connectivity index (χ4v) is 1.86. The minimum Gasteiger partial charge on any atom is -0.481 e. The summed E-state index contributed by atoms with van der Waals surface area (Å²) in [5.74, 6) is -0.739. The number of halogens is 1. The molecule has 2 nitrogen and oxygen atoms in total. The Balaban J connectivity index is 3.36. The van der Waals surface area contributed by atoms with E-state index >= 15 is 0 Å². The summed E-state index contributed by atoms with van der Waals surface area (Å²) in [7, 11) is 0. The lowest BCUT2D eigenvalue weighted by Crippen LogP contribution is -1.92. The zero-order valence-electron chi connectivity index (χ0n) is 8.76. The second kappa shape index (κ2) is 9.49. The molecule has 82 valence electrons. The highest BCUT2D eigenvalue weighted by Gasteiger charge is 1.98. The van der Waals surface area contributed by atoms with E-state index in [1.54, 1.807) is 0 Å². The Bertz CT molecular complexity index is 188. The molecule has 0 aromatic rings. The molecule has 0 amide bonds. The standard InChI is InChI=1S/C11H19IO2/c1-2-3-4-5-6-7-8-10(12)9-11(13)14/h8H,2-7,9H2,1H3,(H,13,14)/b10-8+. The molecule has 0 saturated heterocycles. The van der Waals surface area contributed by atoms with Crippen LogP contribution in [0.15, 0.2) is 9.66 Å². The molecule has 0 unspecified atom stereocenters. The largest absolute Gasteiger partial charge is 0.481 e. The lowest BCUT2D eigenvalue weighted by molar-refractivity contribution is -0.136. The first kappa shape index (κ1) is 13.9. The van der Waals surface area contributed by atoms with Gasteiger partial charge in [0.05, 0.1) is 6.42 Å². The third-order valence-electron chi connectivity index (χ3n) is 1.99. The molecule has 0 aromatic carbocycles. The average molecular weight is 310 g/mol. The Morgan fingerprint density at radius 2 is 1.93 bits per heavy atom. The summed E-state index contributed by atoms with van der Waals surface area (Å²) in [5.41, 5.74) is 0. The molecule has 0 aliphatic heterocycles. The topological polar surface area (TPSA) is 37.3 Å². The van der Waals surface area contributed by atoms with Crippen LogP contribution in [0.4, 0.5) is 0 Å². The van der Waals surface area contributed by atoms with Crippen molar-refractivity contribution in [1.29, 1.82) is 0 Å². The molecular weight excluding hydrogens is 291 g/mol. The summed E-state index contributed by atoms with van der Waals surface area (Å²) in [5, 5.41) is 8.51. The van der Waals surface area contributed by atoms with E-state index in [0.717, 1.165) is 10.0 Å². The molecule has 1 N–H and O–H groups in total. The van der Waals surface area contributed by atoms with Gasteiger partial charge in [-0.3, -0.25) is 4.79 Å². The lowest BCUT2D eigenvalue weighted by atomic mass is 10.1. The van der Waals surface area contributed by atoms with Gasteiger partial charge in [-0.05, 0) is 39.0 Å². The number of hydrogen-bond acceptors (Lipinski definition) is 1. The molecule has 0 aliphatic carbocycles. The van der Waals surface area contributed by atoms with Gasteiger partial charge in [0, 0.05) is 0 Å². The van der Waals surface area contributed by atoms with Crippen LogP contribution in [0.5, 0.6) is 0 Å². The van der Waals surface area contributed by atoms with Crippen LogP contribution in [-0.4, -0.2) is 11.1 Å². The molecule has 0 aromatic heterocycles. The van der Waals surface area contributed by atoms with Crippen LogP contribution < -0.4 is 0 Å². The van der Waals surface area contributed by atoms with Crippen LogP contribution in [0.3, 0.4) is 0 Å². The molecule has 0 rings (SSSR count). The van der Waals surface area contributed by atoms with Gasteiger partial charge < -0.3 is 5.11 Å². The highest BCUT2D eigenvalue weighted by Crippen LogP contribution is 2.14. The maximum Gasteiger partial charge on any atom is 0.308 e. The molecule has 0 heterocycles. The second-order valence-corrected chi connectivity index (χ2v) is 4.81. The summed E-state index contributed by atoms with van der Waals surface area (Å²) in [4.78, 5) is 10.3. The zero-order valence-corrected chi connectivity index (χ0v) is 10.9. The van der Waals surface area contributed by atoms with Crippen molar-refractivity contribution in [2.75, 3.05) is 0 Å². The number of carboxylic acid groups (broad SMARTS) is 1. The molecule has 0 radical (unpaired) electrons. The molecular formula is C11H19IO2. The monoisotopic (exact) mass is 310 g/mol. The van der Waals surface area contributed by atoms with E-state index in [9.17, 15) is 4.79 Å². The van der Waals surface area contributed by atoms with Gasteiger partial charge >= 0.3 is 5.97 Å². The smallest absolute Gasteiger partial charge is 0.308 e. The van der Waals surface area contributed by atoms with Gasteiger partial charge in [-0.2, -0.15) is 0 Å². The van der Waals surface area contributed by atoms with Crippen molar-refractivity contribution in [2.24, 2.45) is 0 Å². The molecule has 0 fully saturated rings. The fourth-order valence-electron chi connectivity index (χ4n) is 1.22. The van der Waals surface area contributed by atoms with Crippen LogP contribution in [0.1, 0.15) is 51.9 Å². The first-order valence-corrected chi connectivity index (χ1v) is 6.31. The van der Waals surface area contributed by atoms with Gasteiger partial charge in [0.1, 0.15) is 0 Å². The van der Waals surface area contributed by atoms with E-state index in [1.165, 1.54) is 32.1 Å². The minimum absolute atomic E-state index is 0.176. The predicted octanol–water partition coefficient (Wildman–Crippen LogP) is 4.14. The van der Waals surface area contributed by atoms with E-state index in [4.69, 9.17) is 5.11 Å². The summed E-state index contributed by atoms with van der Waals surface area (Å²) >= 11 is 2.11. The Labute approximate surface area is 99.9 Å². The van der Waals surface area contributed by atoms with E-state index < -0.39 is 5.97 Å². The molecule has 0 spiro atoms. The highest BCUT2D eigenvalue weighted by atomic mass is 127. The van der Waals surface area contributed by atoms with Gasteiger partial charge in [0.25, 0.3) is 0 Å². The number of rotatable bonds is 8. The first-order chi connectivity index (χ1) is 6.66. The second-order valence-electron chi connectivity index (χ2n) is 3.42. The van der Waals surface area contributed by atoms with Crippen LogP contribution in [0, 0.1) is 0 Å². The van der Waals surface area contributed by atoms with E-state index in [-0.39, 0.29) is 6.42 Å². The summed E-state index contributed by atoms with van der Waals surface area (Å²) in [6, 6.07) is 0. The molecule has 0 bridgehead atoms. The minimum atomic E-state index is -0.739. The molecule has 0 saturated carbocycles. The van der Waals surface area contributed by atoms with Crippen molar-refractivity contribution < 1.29 is 9.90 Å². The number of carboxylic acids is 1. The van der Waals surface area contributed by atoms with Crippen LogP contribution in [0.2, 0.25) is 0 Å². The number of carbonyl (C=O) groups is 1. The number of unbranched alkanes of at least 4 members (excludes halogenated alkanes) is 5. The van der Waals surface area contributed by atoms with Gasteiger partial charge in [-0.1, -0.05) is 38.7 Å². The number of hydrogen-bond donors (Lipinski definition) is 1. The van der Waals surface area contributed by atoms with Crippen LogP contribution in [-0.2, 0) is 4.79 Å². The van der Waals surface area contributed by atoms with Crippen LogP contribution >= 0.6 is 22.6 Å². The van der Waals surface area contributed by atoms with E-state index in [1.807, 2.05) is 6.08 Å². The molecule has 14 heavy (non-hydrogen) atoms. The van der Waals surface area contributed by atoms with Crippen LogP contribution in [0.25, 0.3) is 0 Å². The lowest BCUT2D eigenvalue weighted by Gasteiger charge is -1.97. The maximum atomic E-state index is 10.3. The van der Waals surface area contributed by atoms with E-state index in [0.29, 0.717) is 0 Å². The Morgan fingerprint density at radius 1 is 1.29 bits per heavy atom. The average Bonchev–Trinajstić information content (AvgIpc) is 2.10. The van der Waals surface area contributed by atoms with Gasteiger partial charge in [0.2, 0.25) is 0 Å². The molecule has 0 atom stereocenters. The van der Waals surface area contributed by atoms with Crippen molar-refractivity contribution in [3.63, 3.8) is 0 Å². The Morgan fingerprint density at radius 3 is 2.50 bits per heavy atom. The maximum absolute atomic E-state index is 10.3. The third-order valence-corrected chi connectivity index (χ3v) is 2.82. The van der Waals surface area contributed by atoms with Gasteiger partial charge in [-0.25, -0.2) is 0 Å². The molecule has 0 aliphatic rings. The van der Waals surface area contributed by atoms with Gasteiger partial charge in [0.15, 0.2) is 0 Å². The molecule has 3 heteroatoms. The van der Waals surface area contributed by atoms with Gasteiger partial charge in [-0.15, -0.1) is 0 Å². The Hall–Kier alpha value is -0.0600. The quantitative estimate of drug-likeness (QED) is 0.540. The normalized spacial score (nSPS) is 11.7. The predicted molar refractivity (Wildman–Crippen MR) is 67.7 cm³/mol. The summed E-state index contributed by atoms with van der Waals surface area (Å²) in [6.07, 6.45) is 9.58. The van der Waals surface area contributed by atoms with Crippen molar-refractivity contribution in [3.8, 4) is 0 Å². The van der Waals surface area contributed by atoms with E-state index in [2.05, 4.69) is 29.5 Å². The SMILES string of the molecule is CCCCCCC/C=C(/I)CC(=O)O. The highest BCUT2D eigenvalue weighted by molar-refractivity contribution is 14.1. The van der Waals surface area contributed by atoms with Crippen molar-refractivity contribution >= 4 is 28.6 Å².